The van der Waals surface area contributed by atoms with E-state index in [-0.39, 0.29) is 11.8 Å². The zero-order valence-electron chi connectivity index (χ0n) is 19.0. The number of nitrogens with zero attached hydrogens (tertiary/aromatic N) is 5. The van der Waals surface area contributed by atoms with Crippen molar-refractivity contribution < 1.29 is 4.79 Å². The molecule has 0 aliphatic carbocycles. The molecule has 5 rings (SSSR count). The predicted molar refractivity (Wildman–Crippen MR) is 131 cm³/mol. The van der Waals surface area contributed by atoms with E-state index in [1.807, 2.05) is 66.0 Å². The molecule has 33 heavy (non-hydrogen) atoms. The summed E-state index contributed by atoms with van der Waals surface area (Å²) in [6, 6.07) is 14.0. The lowest BCUT2D eigenvalue weighted by molar-refractivity contribution is 0.0703. The molecule has 4 heterocycles. The van der Waals surface area contributed by atoms with Crippen molar-refractivity contribution >= 4 is 22.9 Å². The largest absolute Gasteiger partial charge is 0.340 e. The summed E-state index contributed by atoms with van der Waals surface area (Å²) in [5, 5.41) is 1.10. The highest BCUT2D eigenvalue weighted by Gasteiger charge is 2.28. The zero-order valence-corrected chi connectivity index (χ0v) is 19.0. The number of carbonyl (C=O) groups is 1. The van der Waals surface area contributed by atoms with Crippen molar-refractivity contribution in [3.05, 3.63) is 84.1 Å². The summed E-state index contributed by atoms with van der Waals surface area (Å²) >= 11 is 0. The molecule has 1 aliphatic heterocycles. The molecule has 6 heteroatoms. The SMILES string of the molecule is C/C=C/c1cnc(-c2cccnc2)nc1C1CCN(C(=O)c2cc3ccccc3n2C)CC1. The van der Waals surface area contributed by atoms with Crippen molar-refractivity contribution in [3.63, 3.8) is 0 Å². The van der Waals surface area contributed by atoms with E-state index >= 15 is 0 Å². The van der Waals surface area contributed by atoms with Crippen LogP contribution in [0.5, 0.6) is 0 Å². The van der Waals surface area contributed by atoms with Crippen LogP contribution in [0.25, 0.3) is 28.4 Å². The van der Waals surface area contributed by atoms with Gasteiger partial charge < -0.3 is 9.47 Å². The summed E-state index contributed by atoms with van der Waals surface area (Å²) in [5.74, 6) is 1.08. The van der Waals surface area contributed by atoms with Gasteiger partial charge in [0.25, 0.3) is 5.91 Å². The van der Waals surface area contributed by atoms with Gasteiger partial charge in [0.05, 0.1) is 5.69 Å². The van der Waals surface area contributed by atoms with Crippen molar-refractivity contribution in [2.75, 3.05) is 13.1 Å². The predicted octanol–water partition coefficient (Wildman–Crippen LogP) is 5.08. The minimum atomic E-state index is 0.0968. The molecule has 0 N–H and O–H groups in total. The van der Waals surface area contributed by atoms with Gasteiger partial charge >= 0.3 is 0 Å². The highest BCUT2D eigenvalue weighted by molar-refractivity contribution is 5.98. The Balaban J connectivity index is 1.37. The van der Waals surface area contributed by atoms with Gasteiger partial charge in [-0.15, -0.1) is 0 Å². The molecule has 1 aromatic carbocycles. The number of rotatable bonds is 4. The van der Waals surface area contributed by atoms with Crippen LogP contribution in [0.2, 0.25) is 0 Å². The Morgan fingerprint density at radius 3 is 2.64 bits per heavy atom. The van der Waals surface area contributed by atoms with E-state index in [1.54, 1.807) is 12.4 Å². The molecule has 0 spiro atoms. The van der Waals surface area contributed by atoms with E-state index in [4.69, 9.17) is 4.98 Å². The number of piperidine rings is 1. The molecule has 0 saturated carbocycles. The maximum atomic E-state index is 13.3. The quantitative estimate of drug-likeness (QED) is 0.446. The summed E-state index contributed by atoms with van der Waals surface area (Å²) in [6.45, 7) is 3.43. The Bertz CT molecular complexity index is 1320. The number of aryl methyl sites for hydroxylation is 1. The van der Waals surface area contributed by atoms with Crippen molar-refractivity contribution in [1.82, 2.24) is 24.4 Å². The van der Waals surface area contributed by atoms with Crippen LogP contribution in [-0.2, 0) is 7.05 Å². The number of likely N-dealkylation sites (tertiary alicyclic amines) is 1. The first-order valence-corrected chi connectivity index (χ1v) is 11.4. The second kappa shape index (κ2) is 8.98. The highest BCUT2D eigenvalue weighted by Crippen LogP contribution is 2.32. The number of para-hydroxylation sites is 1. The first-order valence-electron chi connectivity index (χ1n) is 11.4. The molecule has 0 unspecified atom stereocenters. The zero-order chi connectivity index (χ0) is 22.8. The number of carbonyl (C=O) groups excluding carboxylic acids is 1. The van der Waals surface area contributed by atoms with Gasteiger partial charge in [-0.2, -0.15) is 0 Å². The molecule has 166 valence electrons. The monoisotopic (exact) mass is 437 g/mol. The molecule has 0 atom stereocenters. The number of amides is 1. The van der Waals surface area contributed by atoms with Gasteiger partial charge in [0.15, 0.2) is 5.82 Å². The van der Waals surface area contributed by atoms with E-state index in [0.717, 1.165) is 46.3 Å². The summed E-state index contributed by atoms with van der Waals surface area (Å²) < 4.78 is 2.00. The molecular weight excluding hydrogens is 410 g/mol. The fourth-order valence-corrected chi connectivity index (χ4v) is 4.69. The van der Waals surface area contributed by atoms with Crippen molar-refractivity contribution in [3.8, 4) is 11.4 Å². The molecule has 0 radical (unpaired) electrons. The fraction of sp³-hybridized carbons (Fsp3) is 0.259. The number of aromatic nitrogens is 4. The van der Waals surface area contributed by atoms with Crippen LogP contribution in [0.4, 0.5) is 0 Å². The second-order valence-electron chi connectivity index (χ2n) is 8.49. The van der Waals surface area contributed by atoms with E-state index in [9.17, 15) is 4.79 Å². The topological polar surface area (TPSA) is 63.9 Å². The van der Waals surface area contributed by atoms with Crippen molar-refractivity contribution in [2.45, 2.75) is 25.7 Å². The molecular formula is C27H27N5O. The number of fused-ring (bicyclic) bond motifs is 1. The molecule has 1 fully saturated rings. The standard InChI is InChI=1S/C27H27N5O/c1-3-7-21-18-29-26(22-9-6-13-28-17-22)30-25(21)19-11-14-32(15-12-19)27(33)24-16-20-8-4-5-10-23(20)31(24)2/h3-10,13,16-19H,11-12,14-15H2,1-2H3/b7-3+. The van der Waals surface area contributed by atoms with Crippen molar-refractivity contribution in [1.29, 1.82) is 0 Å². The molecule has 1 aliphatic rings. The van der Waals surface area contributed by atoms with Crippen molar-refractivity contribution in [2.24, 2.45) is 7.05 Å². The Labute approximate surface area is 193 Å². The number of benzene rings is 1. The normalized spacial score (nSPS) is 14.9. The number of allylic oxidation sites excluding steroid dienone is 1. The molecule has 1 amide bonds. The van der Waals surface area contributed by atoms with E-state index in [1.165, 1.54) is 0 Å². The average Bonchev–Trinajstić information content (AvgIpc) is 3.21. The number of hydrogen-bond acceptors (Lipinski definition) is 4. The summed E-state index contributed by atoms with van der Waals surface area (Å²) in [6.07, 6.45) is 11.3. The van der Waals surface area contributed by atoms with Crippen LogP contribution in [0, 0.1) is 0 Å². The van der Waals surface area contributed by atoms with E-state index in [2.05, 4.69) is 28.2 Å². The lowest BCUT2D eigenvalue weighted by Crippen LogP contribution is -2.39. The Morgan fingerprint density at radius 2 is 1.91 bits per heavy atom. The minimum Gasteiger partial charge on any atom is -0.340 e. The third-order valence-electron chi connectivity index (χ3n) is 6.45. The maximum absolute atomic E-state index is 13.3. The molecule has 1 saturated heterocycles. The van der Waals surface area contributed by atoms with Crippen LogP contribution >= 0.6 is 0 Å². The maximum Gasteiger partial charge on any atom is 0.270 e. The average molecular weight is 438 g/mol. The smallest absolute Gasteiger partial charge is 0.270 e. The van der Waals surface area contributed by atoms with Gasteiger partial charge in [-0.3, -0.25) is 9.78 Å². The van der Waals surface area contributed by atoms with Gasteiger partial charge in [-0.25, -0.2) is 9.97 Å². The third kappa shape index (κ3) is 4.04. The third-order valence-corrected chi connectivity index (χ3v) is 6.45. The van der Waals surface area contributed by atoms with Crippen LogP contribution in [0.15, 0.2) is 67.1 Å². The Morgan fingerprint density at radius 1 is 1.09 bits per heavy atom. The van der Waals surface area contributed by atoms with E-state index in [0.29, 0.717) is 18.9 Å². The van der Waals surface area contributed by atoms with Gasteiger partial charge in [-0.1, -0.05) is 30.4 Å². The van der Waals surface area contributed by atoms with E-state index < -0.39 is 0 Å². The summed E-state index contributed by atoms with van der Waals surface area (Å²) in [4.78, 5) is 29.0. The van der Waals surface area contributed by atoms with Gasteiger partial charge in [0.2, 0.25) is 0 Å². The fourth-order valence-electron chi connectivity index (χ4n) is 4.69. The minimum absolute atomic E-state index is 0.0968. The lowest BCUT2D eigenvalue weighted by atomic mass is 9.90. The van der Waals surface area contributed by atoms with Crippen LogP contribution in [0.3, 0.4) is 0 Å². The Kier molecular flexibility index (Phi) is 5.73. The summed E-state index contributed by atoms with van der Waals surface area (Å²) in [5.41, 5.74) is 4.83. The van der Waals surface area contributed by atoms with Gasteiger partial charge in [0.1, 0.15) is 5.69 Å². The first kappa shape index (κ1) is 21.1. The van der Waals surface area contributed by atoms with Crippen LogP contribution in [-0.4, -0.2) is 43.4 Å². The lowest BCUT2D eigenvalue weighted by Gasteiger charge is -2.32. The molecule has 4 aromatic rings. The second-order valence-corrected chi connectivity index (χ2v) is 8.49. The summed E-state index contributed by atoms with van der Waals surface area (Å²) in [7, 11) is 1.96. The van der Waals surface area contributed by atoms with Crippen LogP contribution in [0.1, 0.15) is 47.4 Å². The first-order chi connectivity index (χ1) is 16.2. The molecule has 0 bridgehead atoms. The number of pyridine rings is 1. The van der Waals surface area contributed by atoms with Crippen LogP contribution < -0.4 is 0 Å². The highest BCUT2D eigenvalue weighted by atomic mass is 16.2. The number of hydrogen-bond donors (Lipinski definition) is 0. The van der Waals surface area contributed by atoms with Gasteiger partial charge in [0, 0.05) is 66.7 Å². The molecule has 3 aromatic heterocycles. The Hall–Kier alpha value is -3.80. The van der Waals surface area contributed by atoms with Gasteiger partial charge in [-0.05, 0) is 44.0 Å². The molecule has 6 nitrogen and oxygen atoms in total.